The molecule has 2 aliphatic heterocycles. The summed E-state index contributed by atoms with van der Waals surface area (Å²) in [5.74, 6) is -2.79. The van der Waals surface area contributed by atoms with Gasteiger partial charge in [0.05, 0.1) is 7.11 Å². The monoisotopic (exact) mass is 705 g/mol. The third-order valence-electron chi connectivity index (χ3n) is 9.72. The van der Waals surface area contributed by atoms with Gasteiger partial charge in [0.25, 0.3) is 0 Å². The molecule has 0 radical (unpaired) electrons. The summed E-state index contributed by atoms with van der Waals surface area (Å²) in [4.78, 5) is 63.9. The lowest BCUT2D eigenvalue weighted by Gasteiger charge is -2.32. The van der Waals surface area contributed by atoms with E-state index in [0.29, 0.717) is 22.4 Å². The van der Waals surface area contributed by atoms with Crippen LogP contribution in [0.4, 0.5) is 5.69 Å². The number of aliphatic hydroxyl groups is 1. The fourth-order valence-electron chi connectivity index (χ4n) is 6.88. The number of carbonyl (C=O) groups is 4. The molecule has 4 atom stereocenters. The normalized spacial score (nSPS) is 20.5. The van der Waals surface area contributed by atoms with Gasteiger partial charge >= 0.3 is 5.97 Å². The molecular weight excluding hydrogens is 666 g/mol. The zero-order valence-corrected chi connectivity index (χ0v) is 29.6. The molecule has 7 rings (SSSR count). The van der Waals surface area contributed by atoms with E-state index in [9.17, 15) is 24.3 Å². The molecule has 3 aromatic carbocycles. The molecule has 0 aliphatic carbocycles. The van der Waals surface area contributed by atoms with Crippen LogP contribution in [0.2, 0.25) is 0 Å². The number of aromatic nitrogens is 2. The molecule has 4 bridgehead atoms. The fraction of sp³-hybridized carbons (Fsp3) is 0.333. The highest BCUT2D eigenvalue weighted by atomic mass is 16.5. The molecule has 2 aliphatic rings. The Kier molecular flexibility index (Phi) is 8.49. The number of amides is 3. The number of benzene rings is 3. The lowest BCUT2D eigenvalue weighted by molar-refractivity contribution is -0.136. The highest BCUT2D eigenvalue weighted by molar-refractivity contribution is 6.12. The first kappa shape index (κ1) is 34.6. The standard InChI is InChI=1S/C39H39N5O8/c1-19(2)29(45)33(47)40-26-16-20-11-14-25-24(15-20)39(37(49)42-25,23-13-12-21-9-7-8-10-22(21)17-23)31-28(34-41-27(18-51-34)36(48)50-6)43-35(52-31)30(38(3,4)5)44-32(26)46/h7-15,17-19,26,29-30,45H,16H2,1-6H3,(H,40,47)(H,42,49)(H,44,46)/t26-,29-,30+,39-/m0/s1. The minimum Gasteiger partial charge on any atom is -0.464 e. The fourth-order valence-corrected chi connectivity index (χ4v) is 6.88. The highest BCUT2D eigenvalue weighted by Gasteiger charge is 2.56. The van der Waals surface area contributed by atoms with E-state index < -0.39 is 58.6 Å². The molecule has 2 aromatic heterocycles. The molecule has 52 heavy (non-hydrogen) atoms. The zero-order valence-electron chi connectivity index (χ0n) is 29.6. The first-order chi connectivity index (χ1) is 24.7. The number of hydrogen-bond acceptors (Lipinski definition) is 10. The molecule has 268 valence electrons. The van der Waals surface area contributed by atoms with Gasteiger partial charge in [-0.3, -0.25) is 14.4 Å². The van der Waals surface area contributed by atoms with Gasteiger partial charge in [-0.05, 0) is 45.4 Å². The van der Waals surface area contributed by atoms with Gasteiger partial charge in [0.15, 0.2) is 22.6 Å². The summed E-state index contributed by atoms with van der Waals surface area (Å²) in [6, 6.07) is 16.7. The molecule has 4 N–H and O–H groups in total. The Morgan fingerprint density at radius 3 is 2.50 bits per heavy atom. The van der Waals surface area contributed by atoms with Crippen LogP contribution in [0, 0.1) is 11.3 Å². The summed E-state index contributed by atoms with van der Waals surface area (Å²) in [5.41, 5.74) is -0.292. The number of nitrogens with zero attached hydrogens (tertiary/aromatic N) is 2. The molecule has 5 aromatic rings. The topological polar surface area (TPSA) is 186 Å². The lowest BCUT2D eigenvalue weighted by atomic mass is 9.71. The molecule has 3 amide bonds. The molecule has 0 saturated carbocycles. The third kappa shape index (κ3) is 5.70. The Bertz CT molecular complexity index is 2250. The van der Waals surface area contributed by atoms with Crippen LogP contribution >= 0.6 is 0 Å². The summed E-state index contributed by atoms with van der Waals surface area (Å²) in [6.07, 6.45) is -0.169. The second-order valence-electron chi connectivity index (χ2n) is 14.7. The minimum atomic E-state index is -1.67. The van der Waals surface area contributed by atoms with Crippen molar-refractivity contribution in [3.63, 3.8) is 0 Å². The van der Waals surface area contributed by atoms with Gasteiger partial charge < -0.3 is 34.6 Å². The van der Waals surface area contributed by atoms with Crippen LogP contribution in [0.15, 0.2) is 75.8 Å². The maximum atomic E-state index is 14.8. The SMILES string of the molecule is COC(=O)c1coc(-c2nc3oc2[C@@]2(c4ccc5ccccc5c4)C(=O)Nc4ccc(cc42)C[C@H](NC(=O)[C@@H](O)C(C)C)C(=O)N[C@H]3C(C)(C)C)n1. The molecule has 4 heterocycles. The van der Waals surface area contributed by atoms with E-state index in [1.807, 2.05) is 63.2 Å². The summed E-state index contributed by atoms with van der Waals surface area (Å²) >= 11 is 0. The van der Waals surface area contributed by atoms with E-state index in [1.54, 1.807) is 32.0 Å². The molecule has 13 nitrogen and oxygen atoms in total. The van der Waals surface area contributed by atoms with Crippen LogP contribution in [-0.4, -0.2) is 58.0 Å². The number of oxazole rings is 2. The number of ether oxygens (including phenoxy) is 1. The molecule has 0 saturated heterocycles. The number of esters is 1. The first-order valence-corrected chi connectivity index (χ1v) is 17.0. The lowest BCUT2D eigenvalue weighted by Crippen LogP contribution is -2.53. The first-order valence-electron chi connectivity index (χ1n) is 17.0. The van der Waals surface area contributed by atoms with Crippen molar-refractivity contribution in [2.75, 3.05) is 12.4 Å². The van der Waals surface area contributed by atoms with Gasteiger partial charge in [-0.1, -0.05) is 83.1 Å². The van der Waals surface area contributed by atoms with Gasteiger partial charge in [0.2, 0.25) is 29.5 Å². The van der Waals surface area contributed by atoms with Gasteiger partial charge in [-0.2, -0.15) is 0 Å². The van der Waals surface area contributed by atoms with Gasteiger partial charge in [0.1, 0.15) is 24.5 Å². The maximum Gasteiger partial charge on any atom is 0.360 e. The molecular formula is C39H39N5O8. The van der Waals surface area contributed by atoms with Crippen LogP contribution in [-0.2, 0) is 31.0 Å². The second-order valence-corrected chi connectivity index (χ2v) is 14.7. The van der Waals surface area contributed by atoms with Gasteiger partial charge in [-0.25, -0.2) is 14.8 Å². The number of rotatable bonds is 6. The van der Waals surface area contributed by atoms with E-state index in [-0.39, 0.29) is 35.4 Å². The van der Waals surface area contributed by atoms with Crippen molar-refractivity contribution < 1.29 is 37.9 Å². The highest BCUT2D eigenvalue weighted by Crippen LogP contribution is 2.52. The average Bonchev–Trinajstić information content (AvgIpc) is 3.84. The van der Waals surface area contributed by atoms with Crippen LogP contribution in [0.1, 0.15) is 79.5 Å². The van der Waals surface area contributed by atoms with Crippen LogP contribution in [0.3, 0.4) is 0 Å². The number of carbonyl (C=O) groups excluding carboxylic acids is 4. The van der Waals surface area contributed by atoms with Crippen molar-refractivity contribution in [1.82, 2.24) is 20.6 Å². The van der Waals surface area contributed by atoms with Gasteiger partial charge in [-0.15, -0.1) is 0 Å². The number of aliphatic hydroxyl groups excluding tert-OH is 1. The minimum absolute atomic E-state index is 0.0362. The van der Waals surface area contributed by atoms with Crippen molar-refractivity contribution >= 4 is 40.2 Å². The van der Waals surface area contributed by atoms with Crippen molar-refractivity contribution in [1.29, 1.82) is 0 Å². The summed E-state index contributed by atoms with van der Waals surface area (Å²) in [6.45, 7) is 9.05. The molecule has 0 unspecified atom stereocenters. The second kappa shape index (κ2) is 12.7. The number of hydrogen-bond donors (Lipinski definition) is 4. The Morgan fingerprint density at radius 1 is 1.04 bits per heavy atom. The van der Waals surface area contributed by atoms with Crippen LogP contribution < -0.4 is 16.0 Å². The van der Waals surface area contributed by atoms with Crippen molar-refractivity contribution in [2.45, 2.75) is 64.6 Å². The Morgan fingerprint density at radius 2 is 1.79 bits per heavy atom. The predicted molar refractivity (Wildman–Crippen MR) is 189 cm³/mol. The van der Waals surface area contributed by atoms with Gasteiger partial charge in [0, 0.05) is 17.7 Å². The Hall–Kier alpha value is -5.82. The smallest absolute Gasteiger partial charge is 0.360 e. The van der Waals surface area contributed by atoms with E-state index in [2.05, 4.69) is 20.9 Å². The van der Waals surface area contributed by atoms with E-state index >= 15 is 0 Å². The van der Waals surface area contributed by atoms with E-state index in [4.69, 9.17) is 18.6 Å². The van der Waals surface area contributed by atoms with Crippen molar-refractivity contribution in [2.24, 2.45) is 11.3 Å². The number of methoxy groups -OCH3 is 1. The Labute approximate surface area is 299 Å². The zero-order chi connectivity index (χ0) is 37.1. The quantitative estimate of drug-likeness (QED) is 0.179. The van der Waals surface area contributed by atoms with Crippen molar-refractivity contribution in [3.05, 3.63) is 101 Å². The molecule has 0 spiro atoms. The van der Waals surface area contributed by atoms with Crippen molar-refractivity contribution in [3.8, 4) is 11.6 Å². The van der Waals surface area contributed by atoms with E-state index in [0.717, 1.165) is 17.0 Å². The molecule has 13 heteroatoms. The summed E-state index contributed by atoms with van der Waals surface area (Å²) in [5, 5.41) is 21.2. The number of nitrogens with one attached hydrogen (secondary N) is 3. The Balaban J connectivity index is 1.54. The maximum absolute atomic E-state index is 14.8. The van der Waals surface area contributed by atoms with E-state index in [1.165, 1.54) is 7.11 Å². The number of fused-ring (bicyclic) bond motifs is 5. The third-order valence-corrected chi connectivity index (χ3v) is 9.72. The average molecular weight is 706 g/mol. The van der Waals surface area contributed by atoms with Crippen LogP contribution in [0.25, 0.3) is 22.4 Å². The predicted octanol–water partition coefficient (Wildman–Crippen LogP) is 4.82. The summed E-state index contributed by atoms with van der Waals surface area (Å²) in [7, 11) is 1.22. The largest absolute Gasteiger partial charge is 0.464 e. The summed E-state index contributed by atoms with van der Waals surface area (Å²) < 4.78 is 17.4. The molecule has 0 fully saturated rings. The number of anilines is 1. The van der Waals surface area contributed by atoms with Crippen LogP contribution in [0.5, 0.6) is 0 Å².